The van der Waals surface area contributed by atoms with Gasteiger partial charge in [-0.3, -0.25) is 9.10 Å². The van der Waals surface area contributed by atoms with Crippen LogP contribution in [0.4, 0.5) is 15.8 Å². The average Bonchev–Trinajstić information content (AvgIpc) is 2.75. The lowest BCUT2D eigenvalue weighted by Crippen LogP contribution is -2.38. The lowest BCUT2D eigenvalue weighted by Gasteiger charge is -2.24. The predicted molar refractivity (Wildman–Crippen MR) is 118 cm³/mol. The van der Waals surface area contributed by atoms with Gasteiger partial charge in [-0.25, -0.2) is 12.8 Å². The van der Waals surface area contributed by atoms with Crippen molar-refractivity contribution >= 4 is 27.3 Å². The van der Waals surface area contributed by atoms with Gasteiger partial charge in [0.15, 0.2) is 0 Å². The van der Waals surface area contributed by atoms with Crippen LogP contribution in [0.3, 0.4) is 0 Å². The molecule has 0 heterocycles. The third-order valence-corrected chi connectivity index (χ3v) is 6.25. The molecular formula is C23H23FN2O4S. The van der Waals surface area contributed by atoms with Crippen molar-refractivity contribution in [1.29, 1.82) is 0 Å². The Bertz CT molecular complexity index is 1130. The molecule has 0 bridgehead atoms. The molecule has 3 rings (SSSR count). The first-order valence-corrected chi connectivity index (χ1v) is 11.1. The predicted octanol–water partition coefficient (Wildman–Crippen LogP) is 4.37. The molecule has 6 nitrogen and oxygen atoms in total. The first kappa shape index (κ1) is 22.3. The summed E-state index contributed by atoms with van der Waals surface area (Å²) >= 11 is 0. The molecule has 1 amide bonds. The highest BCUT2D eigenvalue weighted by Gasteiger charge is 2.27. The van der Waals surface area contributed by atoms with Gasteiger partial charge in [0, 0.05) is 5.69 Å². The summed E-state index contributed by atoms with van der Waals surface area (Å²) in [6.07, 6.45) is 0. The fraction of sp³-hybridized carbons (Fsp3) is 0.174. The number of halogens is 1. The molecule has 0 saturated heterocycles. The van der Waals surface area contributed by atoms with Crippen molar-refractivity contribution in [3.63, 3.8) is 0 Å². The Morgan fingerprint density at radius 3 is 2.16 bits per heavy atom. The van der Waals surface area contributed by atoms with Gasteiger partial charge < -0.3 is 10.1 Å². The Labute approximate surface area is 181 Å². The summed E-state index contributed by atoms with van der Waals surface area (Å²) < 4.78 is 46.3. The van der Waals surface area contributed by atoms with Crippen LogP contribution >= 0.6 is 0 Å². The molecule has 0 aliphatic rings. The van der Waals surface area contributed by atoms with Gasteiger partial charge >= 0.3 is 0 Å². The molecule has 8 heteroatoms. The van der Waals surface area contributed by atoms with E-state index in [4.69, 9.17) is 4.74 Å². The molecular weight excluding hydrogens is 419 g/mol. The van der Waals surface area contributed by atoms with Crippen LogP contribution in [-0.4, -0.2) is 27.5 Å². The van der Waals surface area contributed by atoms with Crippen LogP contribution in [0.1, 0.15) is 12.5 Å². The molecule has 162 valence electrons. The smallest absolute Gasteiger partial charge is 0.264 e. The van der Waals surface area contributed by atoms with Crippen molar-refractivity contribution in [2.45, 2.75) is 18.7 Å². The molecule has 0 atom stereocenters. The fourth-order valence-electron chi connectivity index (χ4n) is 2.89. The van der Waals surface area contributed by atoms with E-state index in [0.717, 1.165) is 22.0 Å². The molecule has 0 fully saturated rings. The zero-order chi connectivity index (χ0) is 22.4. The number of amides is 1. The summed E-state index contributed by atoms with van der Waals surface area (Å²) in [5.41, 5.74) is 1.88. The second kappa shape index (κ2) is 9.61. The Balaban J connectivity index is 1.92. The highest BCUT2D eigenvalue weighted by atomic mass is 32.2. The standard InChI is InChI=1S/C23H23FN2O4S/c1-3-30-21-12-10-20(11-13-21)26(31(28,29)22-14-6-18(24)7-15-22)16-23(27)25-19-8-4-17(2)5-9-19/h4-15H,3,16H2,1-2H3,(H,25,27). The molecule has 0 aliphatic heterocycles. The number of rotatable bonds is 8. The first-order valence-electron chi connectivity index (χ1n) is 9.67. The van der Waals surface area contributed by atoms with E-state index in [9.17, 15) is 17.6 Å². The highest BCUT2D eigenvalue weighted by Crippen LogP contribution is 2.26. The number of sulfonamides is 1. The zero-order valence-electron chi connectivity index (χ0n) is 17.2. The second-order valence-corrected chi connectivity index (χ2v) is 8.67. The van der Waals surface area contributed by atoms with E-state index in [1.165, 1.54) is 12.1 Å². The summed E-state index contributed by atoms with van der Waals surface area (Å²) in [5, 5.41) is 2.70. The second-order valence-electron chi connectivity index (χ2n) is 6.81. The normalized spacial score (nSPS) is 11.1. The van der Waals surface area contributed by atoms with E-state index in [0.29, 0.717) is 18.0 Å². The van der Waals surface area contributed by atoms with Crippen molar-refractivity contribution in [1.82, 2.24) is 0 Å². The number of aryl methyl sites for hydroxylation is 1. The number of carbonyl (C=O) groups excluding carboxylic acids is 1. The average molecular weight is 443 g/mol. The molecule has 0 saturated carbocycles. The maximum Gasteiger partial charge on any atom is 0.264 e. The Morgan fingerprint density at radius 1 is 0.968 bits per heavy atom. The zero-order valence-corrected chi connectivity index (χ0v) is 18.0. The van der Waals surface area contributed by atoms with Crippen LogP contribution in [-0.2, 0) is 14.8 Å². The van der Waals surface area contributed by atoms with Gasteiger partial charge in [0.2, 0.25) is 5.91 Å². The quantitative estimate of drug-likeness (QED) is 0.562. The Morgan fingerprint density at radius 2 is 1.58 bits per heavy atom. The van der Waals surface area contributed by atoms with E-state index < -0.39 is 28.3 Å². The lowest BCUT2D eigenvalue weighted by molar-refractivity contribution is -0.114. The molecule has 31 heavy (non-hydrogen) atoms. The molecule has 0 aromatic heterocycles. The van der Waals surface area contributed by atoms with E-state index >= 15 is 0 Å². The highest BCUT2D eigenvalue weighted by molar-refractivity contribution is 7.92. The van der Waals surface area contributed by atoms with Crippen molar-refractivity contribution in [2.24, 2.45) is 0 Å². The van der Waals surface area contributed by atoms with Crippen molar-refractivity contribution < 1.29 is 22.3 Å². The van der Waals surface area contributed by atoms with Crippen molar-refractivity contribution in [3.8, 4) is 5.75 Å². The molecule has 0 spiro atoms. The minimum absolute atomic E-state index is 0.120. The van der Waals surface area contributed by atoms with Crippen LogP contribution in [0.15, 0.2) is 77.7 Å². The summed E-state index contributed by atoms with van der Waals surface area (Å²) in [5.74, 6) is -0.485. The molecule has 0 aliphatic carbocycles. The van der Waals surface area contributed by atoms with Gasteiger partial charge in [-0.2, -0.15) is 0 Å². The van der Waals surface area contributed by atoms with Crippen LogP contribution in [0, 0.1) is 12.7 Å². The van der Waals surface area contributed by atoms with E-state index in [-0.39, 0.29) is 10.6 Å². The Hall–Kier alpha value is -3.39. The van der Waals surface area contributed by atoms with Gasteiger partial charge in [-0.15, -0.1) is 0 Å². The molecule has 3 aromatic rings. The number of ether oxygens (including phenoxy) is 1. The van der Waals surface area contributed by atoms with E-state index in [1.807, 2.05) is 26.0 Å². The number of nitrogens with zero attached hydrogens (tertiary/aromatic N) is 1. The maximum absolute atomic E-state index is 13.3. The van der Waals surface area contributed by atoms with E-state index in [2.05, 4.69) is 5.32 Å². The molecule has 0 unspecified atom stereocenters. The van der Waals surface area contributed by atoms with Gasteiger partial charge in [-0.05, 0) is 74.5 Å². The van der Waals surface area contributed by atoms with Gasteiger partial charge in [0.1, 0.15) is 18.1 Å². The summed E-state index contributed by atoms with van der Waals surface area (Å²) in [6.45, 7) is 3.78. The van der Waals surface area contributed by atoms with Crippen molar-refractivity contribution in [2.75, 3.05) is 22.8 Å². The van der Waals surface area contributed by atoms with Crippen molar-refractivity contribution in [3.05, 3.63) is 84.2 Å². The number of hydrogen-bond acceptors (Lipinski definition) is 4. The minimum Gasteiger partial charge on any atom is -0.494 e. The maximum atomic E-state index is 13.3. The summed E-state index contributed by atoms with van der Waals surface area (Å²) in [6, 6.07) is 18.0. The van der Waals surface area contributed by atoms with Gasteiger partial charge in [-0.1, -0.05) is 17.7 Å². The number of carbonyl (C=O) groups is 1. The molecule has 3 aromatic carbocycles. The summed E-state index contributed by atoms with van der Waals surface area (Å²) in [4.78, 5) is 12.6. The number of hydrogen-bond donors (Lipinski definition) is 1. The SMILES string of the molecule is CCOc1ccc(N(CC(=O)Nc2ccc(C)cc2)S(=O)(=O)c2ccc(F)cc2)cc1. The molecule has 1 N–H and O–H groups in total. The van der Waals surface area contributed by atoms with Gasteiger partial charge in [0.05, 0.1) is 17.2 Å². The monoisotopic (exact) mass is 442 g/mol. The van der Waals surface area contributed by atoms with Crippen LogP contribution in [0.5, 0.6) is 5.75 Å². The largest absolute Gasteiger partial charge is 0.494 e. The molecule has 0 radical (unpaired) electrons. The lowest BCUT2D eigenvalue weighted by atomic mass is 10.2. The third kappa shape index (κ3) is 5.61. The van der Waals surface area contributed by atoms with E-state index in [1.54, 1.807) is 36.4 Å². The number of anilines is 2. The minimum atomic E-state index is -4.13. The fourth-order valence-corrected chi connectivity index (χ4v) is 4.31. The van der Waals surface area contributed by atoms with Gasteiger partial charge in [0.25, 0.3) is 10.0 Å². The van der Waals surface area contributed by atoms with Crippen LogP contribution < -0.4 is 14.4 Å². The number of nitrogens with one attached hydrogen (secondary N) is 1. The Kier molecular flexibility index (Phi) is 6.91. The topological polar surface area (TPSA) is 75.7 Å². The third-order valence-electron chi connectivity index (χ3n) is 4.46. The van der Waals surface area contributed by atoms with Crippen LogP contribution in [0.25, 0.3) is 0 Å². The number of benzene rings is 3. The first-order chi connectivity index (χ1) is 14.8. The van der Waals surface area contributed by atoms with Crippen LogP contribution in [0.2, 0.25) is 0 Å². The summed E-state index contributed by atoms with van der Waals surface area (Å²) in [7, 11) is -4.13.